The lowest BCUT2D eigenvalue weighted by Crippen LogP contribution is -1.97. The average Bonchev–Trinajstić information content (AvgIpc) is 2.33. The molecule has 0 aliphatic heterocycles. The van der Waals surface area contributed by atoms with E-state index in [1.807, 2.05) is 6.92 Å². The molecule has 0 spiro atoms. The Balaban J connectivity index is 2.45. The van der Waals surface area contributed by atoms with E-state index >= 15 is 0 Å². The Morgan fingerprint density at radius 1 is 1.18 bits per heavy atom. The molecular formula is C13H12F2N2. The molecule has 0 radical (unpaired) electrons. The molecule has 1 aromatic heterocycles. The van der Waals surface area contributed by atoms with Crippen LogP contribution in [-0.4, -0.2) is 11.5 Å². The highest BCUT2D eigenvalue weighted by molar-refractivity contribution is 5.64. The van der Waals surface area contributed by atoms with Crippen molar-refractivity contribution in [1.82, 2.24) is 4.98 Å². The number of benzene rings is 1. The zero-order chi connectivity index (χ0) is 12.3. The number of hydrogen-bond acceptors (Lipinski definition) is 2. The van der Waals surface area contributed by atoms with Crippen LogP contribution < -0.4 is 5.32 Å². The molecule has 1 N–H and O–H groups in total. The molecule has 0 fully saturated rings. The van der Waals surface area contributed by atoms with Gasteiger partial charge in [-0.25, -0.2) is 8.78 Å². The summed E-state index contributed by atoms with van der Waals surface area (Å²) < 4.78 is 26.6. The van der Waals surface area contributed by atoms with Crippen LogP contribution in [0.25, 0.3) is 11.3 Å². The van der Waals surface area contributed by atoms with Gasteiger partial charge in [0.25, 0.3) is 0 Å². The molecule has 2 nitrogen and oxygen atoms in total. The number of halogens is 2. The lowest BCUT2D eigenvalue weighted by Gasteiger charge is -2.06. The fraction of sp³-hybridized carbons (Fsp3) is 0.154. The van der Waals surface area contributed by atoms with Crippen molar-refractivity contribution in [3.63, 3.8) is 0 Å². The Kier molecular flexibility index (Phi) is 3.32. The maximum absolute atomic E-state index is 13.5. The maximum Gasteiger partial charge on any atom is 0.132 e. The van der Waals surface area contributed by atoms with E-state index in [2.05, 4.69) is 10.3 Å². The molecular weight excluding hydrogens is 222 g/mol. The molecule has 88 valence electrons. The van der Waals surface area contributed by atoms with E-state index in [-0.39, 0.29) is 5.56 Å². The summed E-state index contributed by atoms with van der Waals surface area (Å²) in [6.07, 6.45) is 1.57. The predicted molar refractivity (Wildman–Crippen MR) is 63.8 cm³/mol. The molecule has 4 heteroatoms. The number of hydrogen-bond donors (Lipinski definition) is 1. The van der Waals surface area contributed by atoms with E-state index in [0.29, 0.717) is 5.69 Å². The Morgan fingerprint density at radius 3 is 2.76 bits per heavy atom. The molecule has 0 amide bonds. The zero-order valence-corrected chi connectivity index (χ0v) is 9.37. The summed E-state index contributed by atoms with van der Waals surface area (Å²) in [6, 6.07) is 6.82. The second kappa shape index (κ2) is 4.91. The van der Waals surface area contributed by atoms with E-state index in [0.717, 1.165) is 30.4 Å². The number of nitrogens with zero attached hydrogens (tertiary/aromatic N) is 1. The van der Waals surface area contributed by atoms with Crippen LogP contribution in [0.1, 0.15) is 6.92 Å². The summed E-state index contributed by atoms with van der Waals surface area (Å²) in [5, 5.41) is 3.10. The van der Waals surface area contributed by atoms with E-state index in [9.17, 15) is 8.78 Å². The molecule has 0 unspecified atom stereocenters. The molecule has 0 saturated heterocycles. The first kappa shape index (κ1) is 11.5. The number of rotatable bonds is 3. The van der Waals surface area contributed by atoms with Gasteiger partial charge in [-0.15, -0.1) is 0 Å². The van der Waals surface area contributed by atoms with Crippen LogP contribution in [0, 0.1) is 11.6 Å². The van der Waals surface area contributed by atoms with E-state index in [1.54, 1.807) is 18.3 Å². The highest BCUT2D eigenvalue weighted by atomic mass is 19.1. The van der Waals surface area contributed by atoms with E-state index < -0.39 is 11.6 Å². The first-order valence-corrected chi connectivity index (χ1v) is 5.36. The third kappa shape index (κ3) is 2.58. The van der Waals surface area contributed by atoms with Gasteiger partial charge in [-0.1, -0.05) is 0 Å². The minimum atomic E-state index is -0.479. The molecule has 0 saturated carbocycles. The Labute approximate surface area is 98.3 Å². The van der Waals surface area contributed by atoms with Gasteiger partial charge < -0.3 is 5.32 Å². The number of aromatic nitrogens is 1. The third-order valence-electron chi connectivity index (χ3n) is 2.35. The monoisotopic (exact) mass is 234 g/mol. The van der Waals surface area contributed by atoms with Gasteiger partial charge >= 0.3 is 0 Å². The van der Waals surface area contributed by atoms with Gasteiger partial charge in [0.2, 0.25) is 0 Å². The van der Waals surface area contributed by atoms with Gasteiger partial charge in [-0.05, 0) is 37.3 Å². The molecule has 0 atom stereocenters. The van der Waals surface area contributed by atoms with E-state index in [4.69, 9.17) is 0 Å². The van der Waals surface area contributed by atoms with Crippen LogP contribution in [0.5, 0.6) is 0 Å². The number of nitrogens with one attached hydrogen (secondary N) is 1. The first-order valence-electron chi connectivity index (χ1n) is 5.36. The van der Waals surface area contributed by atoms with Crippen LogP contribution >= 0.6 is 0 Å². The van der Waals surface area contributed by atoms with Gasteiger partial charge in [0, 0.05) is 24.0 Å². The maximum atomic E-state index is 13.5. The van der Waals surface area contributed by atoms with Crippen molar-refractivity contribution in [2.24, 2.45) is 0 Å². The smallest absolute Gasteiger partial charge is 0.132 e. The average molecular weight is 234 g/mol. The standard InChI is InChI=1S/C13H12F2N2/c1-2-16-10-5-6-17-13(8-10)11-7-9(14)3-4-12(11)15/h3-8H,2H2,1H3,(H,16,17). The highest BCUT2D eigenvalue weighted by Crippen LogP contribution is 2.23. The topological polar surface area (TPSA) is 24.9 Å². The molecule has 1 heterocycles. The van der Waals surface area contributed by atoms with Gasteiger partial charge in [0.05, 0.1) is 5.69 Å². The molecule has 2 aromatic rings. The Bertz CT molecular complexity index is 527. The third-order valence-corrected chi connectivity index (χ3v) is 2.35. The van der Waals surface area contributed by atoms with Crippen LogP contribution in [0.3, 0.4) is 0 Å². The number of pyridine rings is 1. The lowest BCUT2D eigenvalue weighted by atomic mass is 10.1. The fourth-order valence-electron chi connectivity index (χ4n) is 1.59. The summed E-state index contributed by atoms with van der Waals surface area (Å²) in [6.45, 7) is 2.72. The molecule has 2 rings (SSSR count). The van der Waals surface area contributed by atoms with Crippen LogP contribution in [-0.2, 0) is 0 Å². The molecule has 17 heavy (non-hydrogen) atoms. The minimum Gasteiger partial charge on any atom is -0.385 e. The van der Waals surface area contributed by atoms with E-state index in [1.165, 1.54) is 0 Å². The normalized spacial score (nSPS) is 10.3. The second-order valence-electron chi connectivity index (χ2n) is 3.58. The summed E-state index contributed by atoms with van der Waals surface area (Å²) >= 11 is 0. The van der Waals surface area contributed by atoms with Gasteiger partial charge in [-0.3, -0.25) is 4.98 Å². The SMILES string of the molecule is CCNc1ccnc(-c2cc(F)ccc2F)c1. The van der Waals surface area contributed by atoms with Gasteiger partial charge in [0.1, 0.15) is 11.6 Å². The first-order chi connectivity index (χ1) is 8.20. The number of anilines is 1. The Morgan fingerprint density at radius 2 is 2.00 bits per heavy atom. The molecule has 0 aliphatic rings. The zero-order valence-electron chi connectivity index (χ0n) is 9.37. The van der Waals surface area contributed by atoms with Crippen LogP contribution in [0.15, 0.2) is 36.5 Å². The minimum absolute atomic E-state index is 0.171. The molecule has 1 aromatic carbocycles. The van der Waals surface area contributed by atoms with Gasteiger partial charge in [0.15, 0.2) is 0 Å². The van der Waals surface area contributed by atoms with Crippen molar-refractivity contribution in [2.45, 2.75) is 6.92 Å². The van der Waals surface area contributed by atoms with Crippen LogP contribution in [0.4, 0.5) is 14.5 Å². The highest BCUT2D eigenvalue weighted by Gasteiger charge is 2.08. The molecule has 0 aliphatic carbocycles. The summed E-state index contributed by atoms with van der Waals surface area (Å²) in [4.78, 5) is 4.05. The van der Waals surface area contributed by atoms with Crippen molar-refractivity contribution in [3.8, 4) is 11.3 Å². The lowest BCUT2D eigenvalue weighted by molar-refractivity contribution is 0.602. The summed E-state index contributed by atoms with van der Waals surface area (Å²) in [7, 11) is 0. The second-order valence-corrected chi connectivity index (χ2v) is 3.58. The van der Waals surface area contributed by atoms with Gasteiger partial charge in [-0.2, -0.15) is 0 Å². The summed E-state index contributed by atoms with van der Waals surface area (Å²) in [5.74, 6) is -0.954. The van der Waals surface area contributed by atoms with Crippen molar-refractivity contribution in [2.75, 3.05) is 11.9 Å². The fourth-order valence-corrected chi connectivity index (χ4v) is 1.59. The molecule has 0 bridgehead atoms. The predicted octanol–water partition coefficient (Wildman–Crippen LogP) is 3.46. The van der Waals surface area contributed by atoms with Crippen LogP contribution in [0.2, 0.25) is 0 Å². The Hall–Kier alpha value is -1.97. The largest absolute Gasteiger partial charge is 0.385 e. The quantitative estimate of drug-likeness (QED) is 0.879. The van der Waals surface area contributed by atoms with Crippen molar-refractivity contribution >= 4 is 5.69 Å². The van der Waals surface area contributed by atoms with Crippen molar-refractivity contribution in [1.29, 1.82) is 0 Å². The van der Waals surface area contributed by atoms with Crippen molar-refractivity contribution < 1.29 is 8.78 Å². The van der Waals surface area contributed by atoms with Crippen molar-refractivity contribution in [3.05, 3.63) is 48.2 Å². The summed E-state index contributed by atoms with van der Waals surface area (Å²) in [5.41, 5.74) is 1.42.